The first-order chi connectivity index (χ1) is 14.2. The predicted molar refractivity (Wildman–Crippen MR) is 113 cm³/mol. The smallest absolute Gasteiger partial charge is 0.347 e. The number of halogens is 1. The van der Waals surface area contributed by atoms with E-state index >= 15 is 0 Å². The van der Waals surface area contributed by atoms with Crippen molar-refractivity contribution in [2.45, 2.75) is 6.42 Å². The Morgan fingerprint density at radius 3 is 2.76 bits per heavy atom. The number of aromatic amines is 2. The second-order valence-electron chi connectivity index (χ2n) is 6.63. The van der Waals surface area contributed by atoms with Crippen molar-refractivity contribution in [1.82, 2.24) is 15.0 Å². The Morgan fingerprint density at radius 1 is 1.21 bits per heavy atom. The Kier molecular flexibility index (Phi) is 6.00. The summed E-state index contributed by atoms with van der Waals surface area (Å²) >= 11 is 3.41. The molecule has 1 aliphatic heterocycles. The number of hydrogen-bond donors (Lipinski definition) is 2. The zero-order valence-corrected chi connectivity index (χ0v) is 18.0. The third-order valence-electron chi connectivity index (χ3n) is 4.83. The molecule has 0 spiro atoms. The molecule has 0 amide bonds. The van der Waals surface area contributed by atoms with Gasteiger partial charge in [0.1, 0.15) is 0 Å². The molecule has 9 nitrogen and oxygen atoms in total. The first kappa shape index (κ1) is 19.7. The lowest BCUT2D eigenvalue weighted by molar-refractivity contribution is -0.349. The summed E-state index contributed by atoms with van der Waals surface area (Å²) in [4.78, 5) is 17.9. The molecular formula is C19H24BrN6O3+. The number of rotatable bonds is 7. The van der Waals surface area contributed by atoms with Crippen molar-refractivity contribution >= 4 is 38.9 Å². The molecule has 4 rings (SSSR count). The number of methoxy groups -OCH3 is 2. The number of hydrogen-bond acceptors (Lipinski definition) is 7. The quantitative estimate of drug-likeness (QED) is 0.517. The number of morpholine rings is 1. The molecule has 1 saturated heterocycles. The Balaban J connectivity index is 1.50. The number of fused-ring (bicyclic) bond motifs is 1. The monoisotopic (exact) mass is 463 g/mol. The minimum absolute atomic E-state index is 0.658. The molecule has 2 aromatic heterocycles. The van der Waals surface area contributed by atoms with Crippen LogP contribution in [0.2, 0.25) is 0 Å². The van der Waals surface area contributed by atoms with Gasteiger partial charge in [0.15, 0.2) is 21.7 Å². The van der Waals surface area contributed by atoms with E-state index in [-0.39, 0.29) is 0 Å². The van der Waals surface area contributed by atoms with E-state index < -0.39 is 0 Å². The Labute approximate surface area is 176 Å². The maximum Gasteiger partial charge on any atom is 0.347 e. The van der Waals surface area contributed by atoms with Crippen LogP contribution in [0.5, 0.6) is 11.5 Å². The van der Waals surface area contributed by atoms with Gasteiger partial charge in [0.2, 0.25) is 11.5 Å². The van der Waals surface area contributed by atoms with Crippen molar-refractivity contribution < 1.29 is 19.2 Å². The van der Waals surface area contributed by atoms with Gasteiger partial charge in [0.05, 0.1) is 47.1 Å². The van der Waals surface area contributed by atoms with Crippen molar-refractivity contribution in [2.75, 3.05) is 57.3 Å². The number of benzene rings is 1. The third-order valence-corrected chi connectivity index (χ3v) is 5.20. The van der Waals surface area contributed by atoms with Crippen LogP contribution in [-0.2, 0) is 11.2 Å². The molecule has 10 heteroatoms. The number of nitrogens with zero attached hydrogens (tertiary/aromatic N) is 3. The zero-order chi connectivity index (χ0) is 20.2. The van der Waals surface area contributed by atoms with Gasteiger partial charge < -0.3 is 24.1 Å². The van der Waals surface area contributed by atoms with Gasteiger partial charge in [-0.3, -0.25) is 5.32 Å². The average Bonchev–Trinajstić information content (AvgIpc) is 3.13. The van der Waals surface area contributed by atoms with Crippen molar-refractivity contribution in [3.05, 3.63) is 28.5 Å². The highest BCUT2D eigenvalue weighted by Crippen LogP contribution is 2.28. The van der Waals surface area contributed by atoms with Gasteiger partial charge in [-0.2, -0.15) is 4.98 Å². The van der Waals surface area contributed by atoms with E-state index in [1.165, 1.54) is 0 Å². The fourth-order valence-corrected chi connectivity index (χ4v) is 3.73. The van der Waals surface area contributed by atoms with E-state index in [4.69, 9.17) is 14.2 Å². The van der Waals surface area contributed by atoms with Crippen LogP contribution in [0, 0.1) is 0 Å². The van der Waals surface area contributed by atoms with Gasteiger partial charge >= 0.3 is 5.95 Å². The summed E-state index contributed by atoms with van der Waals surface area (Å²) in [6.45, 7) is 3.75. The first-order valence-corrected chi connectivity index (χ1v) is 10.2. The van der Waals surface area contributed by atoms with E-state index in [0.29, 0.717) is 36.1 Å². The van der Waals surface area contributed by atoms with E-state index in [0.717, 1.165) is 47.9 Å². The van der Waals surface area contributed by atoms with Crippen LogP contribution in [0.3, 0.4) is 0 Å². The van der Waals surface area contributed by atoms with E-state index in [9.17, 15) is 0 Å². The first-order valence-electron chi connectivity index (χ1n) is 9.44. The van der Waals surface area contributed by atoms with Crippen LogP contribution in [0.4, 0.5) is 11.8 Å². The fourth-order valence-electron chi connectivity index (χ4n) is 3.36. The van der Waals surface area contributed by atoms with Crippen molar-refractivity contribution in [3.63, 3.8) is 0 Å². The Morgan fingerprint density at radius 2 is 2.00 bits per heavy atom. The molecule has 3 aromatic rings. The highest BCUT2D eigenvalue weighted by molar-refractivity contribution is 9.10. The normalized spacial score (nSPS) is 14.2. The van der Waals surface area contributed by atoms with Crippen molar-refractivity contribution in [3.8, 4) is 11.5 Å². The van der Waals surface area contributed by atoms with Gasteiger partial charge in [-0.1, -0.05) is 11.1 Å². The molecule has 0 atom stereocenters. The molecule has 3 heterocycles. The summed E-state index contributed by atoms with van der Waals surface area (Å²) in [6.07, 6.45) is 0.811. The number of anilines is 2. The summed E-state index contributed by atoms with van der Waals surface area (Å²) in [5.41, 5.74) is 2.68. The van der Waals surface area contributed by atoms with Crippen LogP contribution < -0.4 is 24.7 Å². The summed E-state index contributed by atoms with van der Waals surface area (Å²) < 4.78 is 16.8. The number of H-pyrrole nitrogens is 2. The molecule has 0 saturated carbocycles. The molecule has 1 aliphatic rings. The topological polar surface area (TPSA) is 98.7 Å². The molecular weight excluding hydrogens is 440 g/mol. The van der Waals surface area contributed by atoms with Gasteiger partial charge in [-0.05, 0) is 40.0 Å². The summed E-state index contributed by atoms with van der Waals surface area (Å²) in [5, 5.41) is 3.37. The SMILES string of the molecule is COc1ccc(CCNc2nc3nc(Br)[nH]c3c(N3CCOCC3)[nH+]2)cc1OC. The van der Waals surface area contributed by atoms with Crippen LogP contribution in [0.25, 0.3) is 11.2 Å². The Hall–Kier alpha value is -2.59. The second kappa shape index (κ2) is 8.83. The number of imidazole rings is 1. The molecule has 1 fully saturated rings. The minimum atomic E-state index is 0.658. The summed E-state index contributed by atoms with van der Waals surface area (Å²) in [6, 6.07) is 5.95. The van der Waals surface area contributed by atoms with Crippen LogP contribution in [0.1, 0.15) is 5.56 Å². The minimum Gasteiger partial charge on any atom is -0.493 e. The Bertz CT molecular complexity index is 989. The van der Waals surface area contributed by atoms with Gasteiger partial charge in [-0.15, -0.1) is 0 Å². The lowest BCUT2D eigenvalue weighted by atomic mass is 10.1. The van der Waals surface area contributed by atoms with Gasteiger partial charge in [0, 0.05) is 0 Å². The largest absolute Gasteiger partial charge is 0.493 e. The second-order valence-corrected chi connectivity index (χ2v) is 7.38. The predicted octanol–water partition coefficient (Wildman–Crippen LogP) is 2.04. The molecule has 0 aliphatic carbocycles. The highest BCUT2D eigenvalue weighted by atomic mass is 79.9. The van der Waals surface area contributed by atoms with Gasteiger partial charge in [-0.25, -0.2) is 4.98 Å². The molecule has 1 aromatic carbocycles. The number of aromatic nitrogens is 4. The highest BCUT2D eigenvalue weighted by Gasteiger charge is 2.24. The summed E-state index contributed by atoms with van der Waals surface area (Å²) in [5.74, 6) is 3.10. The zero-order valence-electron chi connectivity index (χ0n) is 16.4. The van der Waals surface area contributed by atoms with E-state index in [2.05, 4.69) is 46.1 Å². The van der Waals surface area contributed by atoms with Crippen molar-refractivity contribution in [2.24, 2.45) is 0 Å². The molecule has 0 radical (unpaired) electrons. The molecule has 3 N–H and O–H groups in total. The molecule has 29 heavy (non-hydrogen) atoms. The molecule has 0 bridgehead atoms. The third kappa shape index (κ3) is 4.38. The number of nitrogens with one attached hydrogen (secondary N) is 3. The summed E-state index contributed by atoms with van der Waals surface area (Å²) in [7, 11) is 3.28. The standard InChI is InChI=1S/C19H23BrN6O3/c1-27-13-4-3-12(11-14(13)28-2)5-6-21-19-24-16-15(22-18(20)23-16)17(25-19)26-7-9-29-10-8-26/h3-4,11H,5-10H2,1-2H3,(H2,21,22,23,24,25)/p+1. The molecule has 0 unspecified atom stereocenters. The molecule has 154 valence electrons. The maximum absolute atomic E-state index is 5.48. The fraction of sp³-hybridized carbons (Fsp3) is 0.421. The van der Waals surface area contributed by atoms with Crippen LogP contribution in [0.15, 0.2) is 22.9 Å². The van der Waals surface area contributed by atoms with E-state index in [1.54, 1.807) is 14.2 Å². The van der Waals surface area contributed by atoms with E-state index in [1.807, 2.05) is 18.2 Å². The maximum atomic E-state index is 5.48. The lowest BCUT2D eigenvalue weighted by Gasteiger charge is -2.24. The van der Waals surface area contributed by atoms with Crippen LogP contribution >= 0.6 is 15.9 Å². The average molecular weight is 464 g/mol. The van der Waals surface area contributed by atoms with Crippen LogP contribution in [-0.4, -0.2) is 62.0 Å². The lowest BCUT2D eigenvalue weighted by Crippen LogP contribution is -2.40. The van der Waals surface area contributed by atoms with Gasteiger partial charge in [0.25, 0.3) is 0 Å². The number of ether oxygens (including phenoxy) is 3. The van der Waals surface area contributed by atoms with Crippen molar-refractivity contribution in [1.29, 1.82) is 0 Å².